The van der Waals surface area contributed by atoms with E-state index in [1.807, 2.05) is 13.0 Å². The van der Waals surface area contributed by atoms with Crippen molar-refractivity contribution in [1.82, 2.24) is 9.29 Å². The van der Waals surface area contributed by atoms with Crippen molar-refractivity contribution in [1.29, 1.82) is 0 Å². The highest BCUT2D eigenvalue weighted by molar-refractivity contribution is 7.89. The average molecular weight is 432 g/mol. The fraction of sp³-hybridized carbons (Fsp3) is 0.300. The summed E-state index contributed by atoms with van der Waals surface area (Å²) >= 11 is 1.24. The molecule has 1 saturated heterocycles. The number of amides is 1. The van der Waals surface area contributed by atoms with E-state index in [2.05, 4.69) is 10.3 Å². The Bertz CT molecular complexity index is 1180. The van der Waals surface area contributed by atoms with Gasteiger partial charge in [-0.05, 0) is 50.1 Å². The number of benzene rings is 2. The van der Waals surface area contributed by atoms with Gasteiger partial charge < -0.3 is 4.74 Å². The first kappa shape index (κ1) is 19.8. The van der Waals surface area contributed by atoms with Crippen LogP contribution in [0.5, 0.6) is 5.75 Å². The molecule has 1 amide bonds. The first-order valence-corrected chi connectivity index (χ1v) is 11.5. The zero-order valence-electron chi connectivity index (χ0n) is 16.1. The van der Waals surface area contributed by atoms with E-state index in [0.29, 0.717) is 39.8 Å². The van der Waals surface area contributed by atoms with Gasteiger partial charge in [0.05, 0.1) is 27.8 Å². The van der Waals surface area contributed by atoms with Crippen molar-refractivity contribution < 1.29 is 17.9 Å². The topological polar surface area (TPSA) is 88.6 Å². The number of carbonyl (C=O) groups excluding carboxylic acids is 1. The van der Waals surface area contributed by atoms with Crippen LogP contribution in [0.3, 0.4) is 0 Å². The Labute approximate surface area is 173 Å². The van der Waals surface area contributed by atoms with Gasteiger partial charge in [0.1, 0.15) is 5.75 Å². The number of sulfonamides is 1. The van der Waals surface area contributed by atoms with Gasteiger partial charge in [-0.2, -0.15) is 4.31 Å². The van der Waals surface area contributed by atoms with Crippen LogP contribution in [-0.2, 0) is 10.0 Å². The van der Waals surface area contributed by atoms with E-state index in [1.165, 1.54) is 22.8 Å². The largest absolute Gasteiger partial charge is 0.496 e. The molecule has 0 radical (unpaired) electrons. The lowest BCUT2D eigenvalue weighted by molar-refractivity contribution is 0.102. The minimum atomic E-state index is -3.49. The van der Waals surface area contributed by atoms with Crippen LogP contribution in [0, 0.1) is 6.92 Å². The van der Waals surface area contributed by atoms with Crippen LogP contribution >= 0.6 is 11.3 Å². The van der Waals surface area contributed by atoms with E-state index in [1.54, 1.807) is 30.3 Å². The number of methoxy groups -OCH3 is 1. The molecule has 0 saturated carbocycles. The lowest BCUT2D eigenvalue weighted by Gasteiger charge is -2.15. The molecule has 0 spiro atoms. The molecular weight excluding hydrogens is 410 g/mol. The second-order valence-electron chi connectivity index (χ2n) is 6.92. The Morgan fingerprint density at radius 3 is 2.66 bits per heavy atom. The van der Waals surface area contributed by atoms with Gasteiger partial charge in [0.15, 0.2) is 5.13 Å². The molecule has 1 aliphatic heterocycles. The number of rotatable bonds is 5. The standard InChI is InChI=1S/C20H21N3O4S2/c1-13-5-8-17(27-2)15(11-13)19(24)22-20-21-16-7-6-14(12-18(16)28-20)29(25,26)23-9-3-4-10-23/h5-8,11-12H,3-4,9-10H2,1-2H3,(H,21,22,24). The van der Waals surface area contributed by atoms with E-state index in [4.69, 9.17) is 4.74 Å². The van der Waals surface area contributed by atoms with Gasteiger partial charge in [0, 0.05) is 13.1 Å². The molecule has 3 aromatic rings. The summed E-state index contributed by atoms with van der Waals surface area (Å²) < 4.78 is 33.0. The summed E-state index contributed by atoms with van der Waals surface area (Å²) in [7, 11) is -1.98. The second kappa shape index (κ2) is 7.74. The first-order valence-electron chi connectivity index (χ1n) is 9.25. The zero-order valence-corrected chi connectivity index (χ0v) is 17.8. The third-order valence-corrected chi connectivity index (χ3v) is 7.71. The van der Waals surface area contributed by atoms with Gasteiger partial charge in [-0.15, -0.1) is 0 Å². The van der Waals surface area contributed by atoms with Crippen molar-refractivity contribution in [3.05, 3.63) is 47.5 Å². The van der Waals surface area contributed by atoms with Gasteiger partial charge in [-0.3, -0.25) is 10.1 Å². The van der Waals surface area contributed by atoms with Crippen LogP contribution in [0.15, 0.2) is 41.3 Å². The number of thiazole rings is 1. The van der Waals surface area contributed by atoms with E-state index < -0.39 is 10.0 Å². The van der Waals surface area contributed by atoms with Crippen LogP contribution in [-0.4, -0.2) is 43.8 Å². The second-order valence-corrected chi connectivity index (χ2v) is 9.89. The van der Waals surface area contributed by atoms with Crippen molar-refractivity contribution in [3.8, 4) is 5.75 Å². The van der Waals surface area contributed by atoms with Gasteiger partial charge in [0.25, 0.3) is 5.91 Å². The lowest BCUT2D eigenvalue weighted by Crippen LogP contribution is -2.27. The Morgan fingerprint density at radius 2 is 1.93 bits per heavy atom. The van der Waals surface area contributed by atoms with Crippen molar-refractivity contribution in [2.45, 2.75) is 24.7 Å². The van der Waals surface area contributed by atoms with E-state index in [0.717, 1.165) is 18.4 Å². The maximum atomic E-state index is 12.8. The van der Waals surface area contributed by atoms with Gasteiger partial charge >= 0.3 is 0 Å². The van der Waals surface area contributed by atoms with E-state index in [9.17, 15) is 13.2 Å². The van der Waals surface area contributed by atoms with Crippen molar-refractivity contribution in [3.63, 3.8) is 0 Å². The lowest BCUT2D eigenvalue weighted by atomic mass is 10.1. The number of carbonyl (C=O) groups is 1. The summed E-state index contributed by atoms with van der Waals surface area (Å²) in [6.07, 6.45) is 1.78. The Hall–Kier alpha value is -2.49. The highest BCUT2D eigenvalue weighted by atomic mass is 32.2. The predicted molar refractivity (Wildman–Crippen MR) is 113 cm³/mol. The van der Waals surface area contributed by atoms with Crippen LogP contribution in [0.25, 0.3) is 10.2 Å². The molecule has 4 rings (SSSR count). The number of ether oxygens (including phenoxy) is 1. The van der Waals surface area contributed by atoms with Crippen LogP contribution in [0.2, 0.25) is 0 Å². The molecule has 1 aromatic heterocycles. The Morgan fingerprint density at radius 1 is 1.17 bits per heavy atom. The molecule has 152 valence electrons. The van der Waals surface area contributed by atoms with Crippen LogP contribution < -0.4 is 10.1 Å². The number of nitrogens with one attached hydrogen (secondary N) is 1. The number of hydrogen-bond acceptors (Lipinski definition) is 6. The van der Waals surface area contributed by atoms with Crippen molar-refractivity contribution in [2.24, 2.45) is 0 Å². The number of nitrogens with zero attached hydrogens (tertiary/aromatic N) is 2. The number of hydrogen-bond donors (Lipinski definition) is 1. The van der Waals surface area contributed by atoms with Crippen LogP contribution in [0.4, 0.5) is 5.13 Å². The molecule has 29 heavy (non-hydrogen) atoms. The van der Waals surface area contributed by atoms with Gasteiger partial charge in [0.2, 0.25) is 10.0 Å². The molecular formula is C20H21N3O4S2. The number of fused-ring (bicyclic) bond motifs is 1. The molecule has 2 aromatic carbocycles. The van der Waals surface area contributed by atoms with Crippen molar-refractivity contribution in [2.75, 3.05) is 25.5 Å². The molecule has 1 N–H and O–H groups in total. The van der Waals surface area contributed by atoms with Crippen molar-refractivity contribution >= 4 is 42.6 Å². The summed E-state index contributed by atoms with van der Waals surface area (Å²) in [5.74, 6) is 0.155. The highest BCUT2D eigenvalue weighted by Gasteiger charge is 2.27. The summed E-state index contributed by atoms with van der Waals surface area (Å²) in [5, 5.41) is 3.20. The van der Waals surface area contributed by atoms with Crippen LogP contribution in [0.1, 0.15) is 28.8 Å². The molecule has 0 aliphatic carbocycles. The summed E-state index contributed by atoms with van der Waals surface area (Å²) in [4.78, 5) is 17.4. The van der Waals surface area contributed by atoms with Gasteiger partial charge in [-0.1, -0.05) is 23.0 Å². The highest BCUT2D eigenvalue weighted by Crippen LogP contribution is 2.31. The molecule has 0 unspecified atom stereocenters. The number of aryl methyl sites for hydroxylation is 1. The maximum absolute atomic E-state index is 12.8. The molecule has 1 aliphatic rings. The SMILES string of the molecule is COc1ccc(C)cc1C(=O)Nc1nc2ccc(S(=O)(=O)N3CCCC3)cc2s1. The average Bonchev–Trinajstić information content (AvgIpc) is 3.37. The third-order valence-electron chi connectivity index (χ3n) is 4.88. The monoisotopic (exact) mass is 431 g/mol. The predicted octanol–water partition coefficient (Wildman–Crippen LogP) is 3.65. The Kier molecular flexibility index (Phi) is 5.28. The molecule has 9 heteroatoms. The molecule has 2 heterocycles. The summed E-state index contributed by atoms with van der Waals surface area (Å²) in [5.41, 5.74) is 2.00. The molecule has 7 nitrogen and oxygen atoms in total. The molecule has 1 fully saturated rings. The van der Waals surface area contributed by atoms with E-state index in [-0.39, 0.29) is 10.8 Å². The minimum absolute atomic E-state index is 0.258. The minimum Gasteiger partial charge on any atom is -0.496 e. The smallest absolute Gasteiger partial charge is 0.261 e. The maximum Gasteiger partial charge on any atom is 0.261 e. The fourth-order valence-electron chi connectivity index (χ4n) is 3.36. The number of aromatic nitrogens is 1. The van der Waals surface area contributed by atoms with E-state index >= 15 is 0 Å². The number of anilines is 1. The normalized spacial score (nSPS) is 15.0. The third kappa shape index (κ3) is 3.85. The zero-order chi connectivity index (χ0) is 20.6. The first-order chi connectivity index (χ1) is 13.9. The quantitative estimate of drug-likeness (QED) is 0.666. The van der Waals surface area contributed by atoms with Gasteiger partial charge in [-0.25, -0.2) is 13.4 Å². The summed E-state index contributed by atoms with van der Waals surface area (Å²) in [6, 6.07) is 10.3. The molecule has 0 atom stereocenters. The molecule has 0 bridgehead atoms. The summed E-state index contributed by atoms with van der Waals surface area (Å²) in [6.45, 7) is 3.02. The Balaban J connectivity index is 1.61. The fourth-order valence-corrected chi connectivity index (χ4v) is 5.88.